The van der Waals surface area contributed by atoms with E-state index in [4.69, 9.17) is 0 Å². The monoisotopic (exact) mass is 334 g/mol. The maximum absolute atomic E-state index is 12.1. The Kier molecular flexibility index (Phi) is 3.50. The number of nitrogens with zero attached hydrogens (tertiary/aromatic N) is 3. The van der Waals surface area contributed by atoms with Crippen LogP contribution >= 0.6 is 23.1 Å². The zero-order valence-electron chi connectivity index (χ0n) is 11.8. The van der Waals surface area contributed by atoms with Crippen LogP contribution in [0.2, 0.25) is 0 Å². The van der Waals surface area contributed by atoms with Crippen molar-refractivity contribution in [3.8, 4) is 0 Å². The Bertz CT molecular complexity index is 774. The highest BCUT2D eigenvalue weighted by molar-refractivity contribution is 8.00. The number of thioether (sulfide) groups is 1. The summed E-state index contributed by atoms with van der Waals surface area (Å²) in [6.45, 7) is 0.982. The van der Waals surface area contributed by atoms with E-state index >= 15 is 0 Å². The number of urea groups is 1. The number of fused-ring (bicyclic) bond motifs is 3. The van der Waals surface area contributed by atoms with Crippen LogP contribution in [0.5, 0.6) is 0 Å². The Morgan fingerprint density at radius 2 is 2.32 bits per heavy atom. The lowest BCUT2D eigenvalue weighted by Crippen LogP contribution is -2.35. The highest BCUT2D eigenvalue weighted by Gasteiger charge is 2.27. The van der Waals surface area contributed by atoms with Crippen LogP contribution < -0.4 is 5.32 Å². The molecule has 114 valence electrons. The Labute approximate surface area is 135 Å². The molecule has 0 radical (unpaired) electrons. The first kappa shape index (κ1) is 14.0. The SMILES string of the molecule is O=C(CSc1ncnc2sc3c(c12)CCC3)N1CCNC1=O. The van der Waals surface area contributed by atoms with E-state index in [1.54, 1.807) is 17.7 Å². The quantitative estimate of drug-likeness (QED) is 0.684. The van der Waals surface area contributed by atoms with Crippen molar-refractivity contribution >= 4 is 45.3 Å². The second-order valence-electron chi connectivity index (χ2n) is 5.28. The van der Waals surface area contributed by atoms with Gasteiger partial charge in [0.05, 0.1) is 5.75 Å². The second kappa shape index (κ2) is 5.51. The van der Waals surface area contributed by atoms with E-state index in [-0.39, 0.29) is 17.7 Å². The number of aryl methyl sites for hydroxylation is 2. The van der Waals surface area contributed by atoms with Crippen LogP contribution in [0.1, 0.15) is 16.9 Å². The molecule has 3 amide bonds. The van der Waals surface area contributed by atoms with Crippen molar-refractivity contribution < 1.29 is 9.59 Å². The zero-order chi connectivity index (χ0) is 15.1. The molecule has 1 aliphatic carbocycles. The van der Waals surface area contributed by atoms with Gasteiger partial charge in [0.25, 0.3) is 0 Å². The summed E-state index contributed by atoms with van der Waals surface area (Å²) < 4.78 is 0. The summed E-state index contributed by atoms with van der Waals surface area (Å²) in [5.74, 6) is 0.0584. The third-order valence-electron chi connectivity index (χ3n) is 3.96. The molecule has 1 saturated heterocycles. The number of hydrogen-bond acceptors (Lipinski definition) is 6. The molecular weight excluding hydrogens is 320 g/mol. The predicted octanol–water partition coefficient (Wildman–Crippen LogP) is 1.82. The molecule has 2 aliphatic rings. The molecule has 0 spiro atoms. The molecule has 1 aliphatic heterocycles. The van der Waals surface area contributed by atoms with Crippen molar-refractivity contribution in [3.05, 3.63) is 16.8 Å². The number of aromatic nitrogens is 2. The zero-order valence-corrected chi connectivity index (χ0v) is 13.4. The fraction of sp³-hybridized carbons (Fsp3) is 0.429. The predicted molar refractivity (Wildman–Crippen MR) is 85.3 cm³/mol. The lowest BCUT2D eigenvalue weighted by Gasteiger charge is -2.11. The Morgan fingerprint density at radius 1 is 1.41 bits per heavy atom. The number of imide groups is 1. The van der Waals surface area contributed by atoms with Gasteiger partial charge in [-0.1, -0.05) is 11.8 Å². The molecule has 4 rings (SSSR count). The maximum Gasteiger partial charge on any atom is 0.324 e. The third-order valence-corrected chi connectivity index (χ3v) is 6.13. The standard InChI is InChI=1S/C14H14N4O2S2/c19-10(18-5-4-15-14(18)20)6-21-12-11-8-2-1-3-9(8)22-13(11)17-7-16-12/h7H,1-6H2,(H,15,20). The van der Waals surface area contributed by atoms with Gasteiger partial charge in [-0.3, -0.25) is 9.69 Å². The first-order valence-corrected chi connectivity index (χ1v) is 9.00. The van der Waals surface area contributed by atoms with Gasteiger partial charge in [-0.05, 0) is 24.8 Å². The number of rotatable bonds is 3. The number of amides is 3. The highest BCUT2D eigenvalue weighted by atomic mass is 32.2. The third kappa shape index (κ3) is 2.26. The fourth-order valence-corrected chi connectivity index (χ4v) is 5.12. The first-order chi connectivity index (χ1) is 10.7. The van der Waals surface area contributed by atoms with E-state index in [0.717, 1.165) is 28.1 Å². The normalized spacial score (nSPS) is 17.1. The average Bonchev–Trinajstić information content (AvgIpc) is 3.19. The number of thiophene rings is 1. The lowest BCUT2D eigenvalue weighted by molar-refractivity contribution is -0.124. The van der Waals surface area contributed by atoms with Crippen molar-refractivity contribution in [2.45, 2.75) is 24.3 Å². The van der Waals surface area contributed by atoms with Crippen molar-refractivity contribution in [1.29, 1.82) is 0 Å². The molecule has 6 nitrogen and oxygen atoms in total. The molecule has 0 aromatic carbocycles. The minimum Gasteiger partial charge on any atom is -0.336 e. The second-order valence-corrected chi connectivity index (χ2v) is 7.33. The van der Waals surface area contributed by atoms with Crippen molar-refractivity contribution in [3.63, 3.8) is 0 Å². The van der Waals surface area contributed by atoms with Crippen LogP contribution in [0.4, 0.5) is 4.79 Å². The number of carbonyl (C=O) groups is 2. The largest absolute Gasteiger partial charge is 0.336 e. The molecule has 0 saturated carbocycles. The summed E-state index contributed by atoms with van der Waals surface area (Å²) >= 11 is 3.14. The van der Waals surface area contributed by atoms with Gasteiger partial charge in [0.2, 0.25) is 5.91 Å². The molecule has 2 aromatic rings. The van der Waals surface area contributed by atoms with Crippen molar-refractivity contribution in [2.24, 2.45) is 0 Å². The van der Waals surface area contributed by atoms with Gasteiger partial charge in [-0.25, -0.2) is 14.8 Å². The molecule has 0 bridgehead atoms. The fourth-order valence-electron chi connectivity index (χ4n) is 2.93. The summed E-state index contributed by atoms with van der Waals surface area (Å²) in [4.78, 5) is 36.1. The van der Waals surface area contributed by atoms with E-state index in [9.17, 15) is 9.59 Å². The van der Waals surface area contributed by atoms with E-state index in [1.165, 1.54) is 33.5 Å². The van der Waals surface area contributed by atoms with E-state index in [1.807, 2.05) is 0 Å². The van der Waals surface area contributed by atoms with Crippen molar-refractivity contribution in [1.82, 2.24) is 20.2 Å². The molecule has 0 unspecified atom stereocenters. The van der Waals surface area contributed by atoms with Crippen LogP contribution in [-0.4, -0.2) is 45.6 Å². The smallest absolute Gasteiger partial charge is 0.324 e. The van der Waals surface area contributed by atoms with Gasteiger partial charge in [-0.2, -0.15) is 0 Å². The average molecular weight is 334 g/mol. The molecule has 1 N–H and O–H groups in total. The molecule has 2 aromatic heterocycles. The van der Waals surface area contributed by atoms with Gasteiger partial charge in [-0.15, -0.1) is 11.3 Å². The van der Waals surface area contributed by atoms with E-state index in [2.05, 4.69) is 15.3 Å². The number of carbonyl (C=O) groups excluding carboxylic acids is 2. The maximum atomic E-state index is 12.1. The topological polar surface area (TPSA) is 75.2 Å². The Morgan fingerprint density at radius 3 is 3.14 bits per heavy atom. The van der Waals surface area contributed by atoms with Crippen LogP contribution in [0.15, 0.2) is 11.4 Å². The minimum atomic E-state index is -0.296. The molecule has 3 heterocycles. The Balaban J connectivity index is 1.57. The summed E-state index contributed by atoms with van der Waals surface area (Å²) in [5.41, 5.74) is 1.36. The minimum absolute atomic E-state index is 0.168. The van der Waals surface area contributed by atoms with Gasteiger partial charge in [0.1, 0.15) is 16.2 Å². The number of nitrogens with one attached hydrogen (secondary N) is 1. The first-order valence-electron chi connectivity index (χ1n) is 7.20. The van der Waals surface area contributed by atoms with E-state index < -0.39 is 0 Å². The molecule has 22 heavy (non-hydrogen) atoms. The summed E-state index contributed by atoms with van der Waals surface area (Å²) in [6.07, 6.45) is 4.93. The molecular formula is C14H14N4O2S2. The molecule has 8 heteroatoms. The van der Waals surface area contributed by atoms with Gasteiger partial charge in [0.15, 0.2) is 0 Å². The molecule has 1 fully saturated rings. The van der Waals surface area contributed by atoms with E-state index in [0.29, 0.717) is 13.1 Å². The Hall–Kier alpha value is -1.67. The summed E-state index contributed by atoms with van der Waals surface area (Å²) in [7, 11) is 0. The van der Waals surface area contributed by atoms with Gasteiger partial charge < -0.3 is 5.32 Å². The molecule has 0 atom stereocenters. The van der Waals surface area contributed by atoms with Crippen molar-refractivity contribution in [2.75, 3.05) is 18.8 Å². The van der Waals surface area contributed by atoms with Crippen LogP contribution in [0.3, 0.4) is 0 Å². The summed E-state index contributed by atoms with van der Waals surface area (Å²) in [6, 6.07) is -0.296. The highest BCUT2D eigenvalue weighted by Crippen LogP contribution is 2.39. The summed E-state index contributed by atoms with van der Waals surface area (Å²) in [5, 5.41) is 4.61. The van der Waals surface area contributed by atoms with Crippen LogP contribution in [0.25, 0.3) is 10.2 Å². The van der Waals surface area contributed by atoms with Crippen LogP contribution in [-0.2, 0) is 17.6 Å². The van der Waals surface area contributed by atoms with Gasteiger partial charge >= 0.3 is 6.03 Å². The van der Waals surface area contributed by atoms with Crippen LogP contribution in [0, 0.1) is 0 Å². The van der Waals surface area contributed by atoms with Gasteiger partial charge in [0, 0.05) is 23.4 Å². The lowest BCUT2D eigenvalue weighted by atomic mass is 10.2. The number of hydrogen-bond donors (Lipinski definition) is 1.